The molecule has 4 rings (SSSR count). The number of carbonyl (C=O) groups excluding carboxylic acids is 2. The van der Waals surface area contributed by atoms with Gasteiger partial charge in [0, 0.05) is 5.56 Å². The van der Waals surface area contributed by atoms with Crippen molar-refractivity contribution in [3.63, 3.8) is 0 Å². The number of rotatable bonds is 6. The molecule has 9 nitrogen and oxygen atoms in total. The molecule has 0 spiro atoms. The molecule has 11 heteroatoms. The van der Waals surface area contributed by atoms with Gasteiger partial charge in [-0.15, -0.1) is 0 Å². The number of hydrogen-bond donors (Lipinski definition) is 1. The van der Waals surface area contributed by atoms with E-state index in [9.17, 15) is 23.2 Å². The SMILES string of the molecule is CCOC(=O)Cn1c(=O)n(-c2ccc(F)cc2)c2nc(-c3ccc(F)cc3)nc(C(N)=O)c21. The van der Waals surface area contributed by atoms with Gasteiger partial charge in [-0.25, -0.2) is 28.1 Å². The second-order valence-corrected chi connectivity index (χ2v) is 6.92. The van der Waals surface area contributed by atoms with Crippen molar-refractivity contribution in [2.75, 3.05) is 6.61 Å². The molecular weight excluding hydrogens is 436 g/mol. The first-order valence-corrected chi connectivity index (χ1v) is 9.80. The molecule has 0 saturated heterocycles. The molecule has 2 N–H and O–H groups in total. The summed E-state index contributed by atoms with van der Waals surface area (Å²) in [5.41, 5.74) is 4.95. The number of esters is 1. The van der Waals surface area contributed by atoms with Crippen LogP contribution in [-0.2, 0) is 16.1 Å². The van der Waals surface area contributed by atoms with E-state index in [0.717, 1.165) is 21.3 Å². The first kappa shape index (κ1) is 21.8. The smallest absolute Gasteiger partial charge is 0.335 e. The van der Waals surface area contributed by atoms with Gasteiger partial charge in [0.15, 0.2) is 17.2 Å². The molecule has 0 aliphatic heterocycles. The average Bonchev–Trinajstić information content (AvgIpc) is 3.05. The number of halogens is 2. The summed E-state index contributed by atoms with van der Waals surface area (Å²) < 4.78 is 33.9. The van der Waals surface area contributed by atoms with E-state index in [1.165, 1.54) is 36.4 Å². The fraction of sp³-hybridized carbons (Fsp3) is 0.136. The number of aromatic nitrogens is 4. The lowest BCUT2D eigenvalue weighted by molar-refractivity contribution is -0.143. The van der Waals surface area contributed by atoms with Gasteiger partial charge in [0.05, 0.1) is 12.3 Å². The molecule has 2 aromatic heterocycles. The third kappa shape index (κ3) is 4.07. The Morgan fingerprint density at radius 3 is 2.18 bits per heavy atom. The van der Waals surface area contributed by atoms with Crippen molar-refractivity contribution >= 4 is 23.0 Å². The number of ether oxygens (including phenoxy) is 1. The fourth-order valence-electron chi connectivity index (χ4n) is 3.36. The molecule has 0 aliphatic carbocycles. The minimum atomic E-state index is -0.973. The van der Waals surface area contributed by atoms with Gasteiger partial charge < -0.3 is 10.5 Å². The summed E-state index contributed by atoms with van der Waals surface area (Å²) >= 11 is 0. The zero-order chi connectivity index (χ0) is 23.7. The van der Waals surface area contributed by atoms with E-state index in [4.69, 9.17) is 10.5 Å². The molecule has 168 valence electrons. The Morgan fingerprint density at radius 2 is 1.61 bits per heavy atom. The highest BCUT2D eigenvalue weighted by Crippen LogP contribution is 2.24. The van der Waals surface area contributed by atoms with E-state index in [1.807, 2.05) is 0 Å². The van der Waals surface area contributed by atoms with Crippen molar-refractivity contribution in [2.24, 2.45) is 5.73 Å². The van der Waals surface area contributed by atoms with Gasteiger partial charge in [0.1, 0.15) is 23.7 Å². The fourth-order valence-corrected chi connectivity index (χ4v) is 3.36. The lowest BCUT2D eigenvalue weighted by Gasteiger charge is -2.08. The Kier molecular flexibility index (Phi) is 5.69. The maximum atomic E-state index is 13.5. The summed E-state index contributed by atoms with van der Waals surface area (Å²) in [7, 11) is 0. The first-order chi connectivity index (χ1) is 15.8. The van der Waals surface area contributed by atoms with Crippen LogP contribution in [0, 0.1) is 11.6 Å². The van der Waals surface area contributed by atoms with Crippen LogP contribution >= 0.6 is 0 Å². The standard InChI is InChI=1S/C22H17F2N5O4/c1-2-33-16(30)11-28-18-17(19(25)31)26-20(12-3-5-13(23)6-4-12)27-21(18)29(22(28)32)15-9-7-14(24)8-10-15/h3-10H,2,11H2,1H3,(H2,25,31). The van der Waals surface area contributed by atoms with Crippen LogP contribution in [0.2, 0.25) is 0 Å². The zero-order valence-electron chi connectivity index (χ0n) is 17.3. The van der Waals surface area contributed by atoms with Crippen molar-refractivity contribution in [3.8, 4) is 17.1 Å². The van der Waals surface area contributed by atoms with Gasteiger partial charge in [0.25, 0.3) is 5.91 Å². The highest BCUT2D eigenvalue weighted by molar-refractivity contribution is 6.02. The van der Waals surface area contributed by atoms with Gasteiger partial charge in [-0.1, -0.05) is 0 Å². The van der Waals surface area contributed by atoms with Gasteiger partial charge in [-0.05, 0) is 55.5 Å². The normalized spacial score (nSPS) is 11.0. The molecule has 0 saturated carbocycles. The molecular formula is C22H17F2N5O4. The molecule has 0 atom stereocenters. The molecule has 33 heavy (non-hydrogen) atoms. The molecule has 0 radical (unpaired) electrons. The first-order valence-electron chi connectivity index (χ1n) is 9.80. The quantitative estimate of drug-likeness (QED) is 0.447. The Bertz CT molecular complexity index is 1430. The number of fused-ring (bicyclic) bond motifs is 1. The third-order valence-electron chi connectivity index (χ3n) is 4.78. The number of imidazole rings is 1. The lowest BCUT2D eigenvalue weighted by atomic mass is 10.2. The number of nitrogens with zero attached hydrogens (tertiary/aromatic N) is 4. The predicted octanol–water partition coefficient (Wildman–Crippen LogP) is 2.19. The zero-order valence-corrected chi connectivity index (χ0v) is 17.3. The van der Waals surface area contributed by atoms with E-state index in [-0.39, 0.29) is 35.0 Å². The summed E-state index contributed by atoms with van der Waals surface area (Å²) in [5.74, 6) is -2.71. The predicted molar refractivity (Wildman–Crippen MR) is 114 cm³/mol. The molecule has 0 fully saturated rings. The highest BCUT2D eigenvalue weighted by Gasteiger charge is 2.25. The van der Waals surface area contributed by atoms with Crippen LogP contribution in [0.3, 0.4) is 0 Å². The summed E-state index contributed by atoms with van der Waals surface area (Å²) in [4.78, 5) is 46.4. The van der Waals surface area contributed by atoms with Crippen LogP contribution in [-0.4, -0.2) is 37.6 Å². The lowest BCUT2D eigenvalue weighted by Crippen LogP contribution is -2.28. The van der Waals surface area contributed by atoms with Gasteiger partial charge in [-0.3, -0.25) is 14.2 Å². The number of benzene rings is 2. The molecule has 0 bridgehead atoms. The number of amides is 1. The molecule has 2 aromatic carbocycles. The number of carbonyl (C=O) groups is 2. The summed E-state index contributed by atoms with van der Waals surface area (Å²) in [5, 5.41) is 0. The Labute approximate surface area is 185 Å². The summed E-state index contributed by atoms with van der Waals surface area (Å²) in [6, 6.07) is 10.1. The number of hydrogen-bond acceptors (Lipinski definition) is 6. The van der Waals surface area contributed by atoms with Crippen LogP contribution in [0.5, 0.6) is 0 Å². The Hall–Kier alpha value is -4.41. The molecule has 1 amide bonds. The largest absolute Gasteiger partial charge is 0.465 e. The van der Waals surface area contributed by atoms with Crippen molar-refractivity contribution in [1.29, 1.82) is 0 Å². The maximum Gasteiger partial charge on any atom is 0.335 e. The van der Waals surface area contributed by atoms with Crippen molar-refractivity contribution in [1.82, 2.24) is 19.1 Å². The maximum absolute atomic E-state index is 13.5. The van der Waals surface area contributed by atoms with E-state index < -0.39 is 35.7 Å². The number of nitrogens with two attached hydrogens (primary N) is 1. The van der Waals surface area contributed by atoms with Crippen LogP contribution in [0.25, 0.3) is 28.2 Å². The van der Waals surface area contributed by atoms with E-state index in [0.29, 0.717) is 5.56 Å². The van der Waals surface area contributed by atoms with Crippen molar-refractivity contribution in [2.45, 2.75) is 13.5 Å². The molecule has 0 unspecified atom stereocenters. The summed E-state index contributed by atoms with van der Waals surface area (Å²) in [6.45, 7) is 1.16. The van der Waals surface area contributed by atoms with Gasteiger partial charge in [-0.2, -0.15) is 0 Å². The molecule has 4 aromatic rings. The van der Waals surface area contributed by atoms with Crippen LogP contribution in [0.1, 0.15) is 17.4 Å². The van der Waals surface area contributed by atoms with Crippen molar-refractivity contribution in [3.05, 3.63) is 76.3 Å². The minimum Gasteiger partial charge on any atom is -0.465 e. The highest BCUT2D eigenvalue weighted by atomic mass is 19.1. The van der Waals surface area contributed by atoms with Gasteiger partial charge >= 0.3 is 11.7 Å². The second-order valence-electron chi connectivity index (χ2n) is 6.92. The van der Waals surface area contributed by atoms with E-state index in [1.54, 1.807) is 6.92 Å². The average molecular weight is 453 g/mol. The molecule has 2 heterocycles. The Morgan fingerprint density at radius 1 is 1.00 bits per heavy atom. The summed E-state index contributed by atoms with van der Waals surface area (Å²) in [6.07, 6.45) is 0. The van der Waals surface area contributed by atoms with E-state index in [2.05, 4.69) is 9.97 Å². The monoisotopic (exact) mass is 453 g/mol. The van der Waals surface area contributed by atoms with Crippen molar-refractivity contribution < 1.29 is 23.1 Å². The molecule has 0 aliphatic rings. The minimum absolute atomic E-state index is 0.000413. The third-order valence-corrected chi connectivity index (χ3v) is 4.78. The topological polar surface area (TPSA) is 122 Å². The second kappa shape index (κ2) is 8.61. The van der Waals surface area contributed by atoms with Crippen LogP contribution in [0.15, 0.2) is 53.3 Å². The van der Waals surface area contributed by atoms with Crippen LogP contribution in [0.4, 0.5) is 8.78 Å². The Balaban J connectivity index is 2.07. The van der Waals surface area contributed by atoms with Gasteiger partial charge in [0.2, 0.25) is 0 Å². The van der Waals surface area contributed by atoms with Crippen LogP contribution < -0.4 is 11.4 Å². The number of primary amides is 1. The van der Waals surface area contributed by atoms with E-state index >= 15 is 0 Å².